The summed E-state index contributed by atoms with van der Waals surface area (Å²) in [5, 5.41) is 21.1. The van der Waals surface area contributed by atoms with E-state index in [9.17, 15) is 67.4 Å². The van der Waals surface area contributed by atoms with Gasteiger partial charge < -0.3 is 102 Å². The highest BCUT2D eigenvalue weighted by molar-refractivity contribution is 5.82. The van der Waals surface area contributed by atoms with Crippen LogP contribution in [0.3, 0.4) is 0 Å². The van der Waals surface area contributed by atoms with Crippen molar-refractivity contribution in [3.8, 4) is 11.5 Å². The number of carboxylic acid groups (broad SMARTS) is 1. The molecule has 3 aromatic carbocycles. The number of rotatable bonds is 75. The Morgan fingerprint density at radius 2 is 0.704 bits per heavy atom. The van der Waals surface area contributed by atoms with Gasteiger partial charge in [-0.3, -0.25) is 62.3 Å². The van der Waals surface area contributed by atoms with Gasteiger partial charge in [0.2, 0.25) is 23.6 Å². The Hall–Kier alpha value is -9.23. The third kappa shape index (κ3) is 45.6. The Labute approximate surface area is 840 Å². The van der Waals surface area contributed by atoms with E-state index in [2.05, 4.69) is 83.6 Å². The van der Waals surface area contributed by atoms with Gasteiger partial charge in [0.15, 0.2) is 18.9 Å². The molecule has 34 nitrogen and oxygen atoms in total. The molecule has 34 heteroatoms. The van der Waals surface area contributed by atoms with E-state index in [1.807, 2.05) is 78.9 Å². The van der Waals surface area contributed by atoms with Crippen LogP contribution in [0.15, 0.2) is 78.9 Å². The predicted octanol–water partition coefficient (Wildman–Crippen LogP) is 14.5. The zero-order valence-corrected chi connectivity index (χ0v) is 86.8. The molecule has 3 aliphatic rings. The SMILES string of the molecule is COc1ccc(C(OCCC(CNC(=O)CCCC(=O)NC(COCCC(=O)CCCCCC(=O)CCCCO[C@@H]2OC(COC(C)=O)[C@H](C)[C@H](C)C2C)(COCCC(=O)CCCCCC(=O)CCCCO[C@@H]2OC(COC(C)=O)[C@H](C)[C@H](C)C2C)COCCC(=O)NCCCNC(=O)CCCCO[C@@H]2OC(COC(C)=O)[C@H](C)[C@H](C)C2C)OC(=O)CCC(=O)O)(c2ccccc2)c2ccc(OC)cc2)cc1. The fraction of sp³-hybridized carbons (Fsp3) is 0.713. The number of nitrogens with one attached hydrogen (secondary N) is 4. The average Bonchev–Trinajstić information content (AvgIpc) is 0.751. The van der Waals surface area contributed by atoms with Crippen molar-refractivity contribution in [3.05, 3.63) is 95.6 Å². The van der Waals surface area contributed by atoms with Crippen molar-refractivity contribution in [2.75, 3.05) is 120 Å². The zero-order chi connectivity index (χ0) is 104. The van der Waals surface area contributed by atoms with Gasteiger partial charge in [0.1, 0.15) is 71.7 Å². The van der Waals surface area contributed by atoms with Crippen molar-refractivity contribution < 1.29 is 143 Å². The normalized spacial score (nSPS) is 21.8. The van der Waals surface area contributed by atoms with Crippen molar-refractivity contribution >= 4 is 76.6 Å². The molecule has 3 aliphatic heterocycles. The fourth-order valence-corrected chi connectivity index (χ4v) is 17.6. The van der Waals surface area contributed by atoms with Crippen LogP contribution in [0.1, 0.15) is 286 Å². The minimum Gasteiger partial charge on any atom is -0.497 e. The topological polar surface area (TPSA) is 438 Å². The molecule has 0 bridgehead atoms. The maximum Gasteiger partial charge on any atom is 0.306 e. The first-order chi connectivity index (χ1) is 68.1. The maximum absolute atomic E-state index is 14.5. The van der Waals surface area contributed by atoms with Gasteiger partial charge in [-0.2, -0.15) is 0 Å². The number of aliphatic carboxylic acids is 1. The molecule has 3 fully saturated rings. The average molecular weight is 2000 g/mol. The number of methoxy groups -OCH3 is 2. The monoisotopic (exact) mass is 2000 g/mol. The minimum absolute atomic E-state index is 0.00264. The predicted molar refractivity (Wildman–Crippen MR) is 528 cm³/mol. The summed E-state index contributed by atoms with van der Waals surface area (Å²) < 4.78 is 95.6. The van der Waals surface area contributed by atoms with Crippen LogP contribution in [0, 0.1) is 53.3 Å². The summed E-state index contributed by atoms with van der Waals surface area (Å²) >= 11 is 0. The van der Waals surface area contributed by atoms with E-state index < -0.39 is 72.7 Å². The number of hydrogen-bond donors (Lipinski definition) is 5. The maximum atomic E-state index is 14.5. The summed E-state index contributed by atoms with van der Waals surface area (Å²) in [5.74, 6) is -1.76. The first-order valence-electron chi connectivity index (χ1n) is 51.6. The number of carbonyl (C=O) groups is 13. The Morgan fingerprint density at radius 1 is 0.352 bits per heavy atom. The highest BCUT2D eigenvalue weighted by Crippen LogP contribution is 2.44. The molecule has 142 heavy (non-hydrogen) atoms. The van der Waals surface area contributed by atoms with Crippen LogP contribution in [-0.4, -0.2) is 250 Å². The van der Waals surface area contributed by atoms with E-state index in [-0.39, 0.29) is 268 Å². The van der Waals surface area contributed by atoms with Crippen LogP contribution in [0.4, 0.5) is 0 Å². The van der Waals surface area contributed by atoms with Gasteiger partial charge in [-0.25, -0.2) is 0 Å². The number of carboxylic acids is 1. The lowest BCUT2D eigenvalue weighted by atomic mass is 9.79. The Morgan fingerprint density at radius 3 is 1.10 bits per heavy atom. The molecular formula is C108H166N4O30. The summed E-state index contributed by atoms with van der Waals surface area (Å²) in [6.07, 6.45) is 5.34. The number of ether oxygens (including phenoxy) is 16. The summed E-state index contributed by atoms with van der Waals surface area (Å²) in [4.78, 5) is 167. The number of esters is 4. The molecule has 3 aromatic rings. The van der Waals surface area contributed by atoms with E-state index >= 15 is 0 Å². The fourth-order valence-electron chi connectivity index (χ4n) is 17.6. The molecule has 0 aromatic heterocycles. The quantitative estimate of drug-likeness (QED) is 0.0152. The van der Waals surface area contributed by atoms with Gasteiger partial charge in [-0.1, -0.05) is 130 Å². The van der Waals surface area contributed by atoms with E-state index in [4.69, 9.17) is 75.8 Å². The standard InChI is InChI=1S/C108H166N4O30/c1-73-76(4)95(67-135-82(10)113)140-104(79(73)7)132-59-27-24-38-88(116)34-20-16-22-36-90(118)53-62-129-70-107(71-130-63-54-91(119)37-23-17-21-35-89(117)39-25-28-60-133-105-80(8)74(2)77(5)96(141-105)68-136-83(11)114,72-131-64-56-100(122)110-58-31-57-109-98(120)40-26-29-61-134-106-81(9)75(3)78(6)97(142-106)69-137-84(12)115)112-101(123)42-30-41-99(121)111-66-94(139-103(126)52-51-102(124)125)55-65-138-108(85-32-18-15-19-33-85,86-43-47-92(127-13)48-44-86)87-45-49-93(128-14)50-46-87/h15,18-19,32-33,43-50,73-81,94-97,104-106H,16-17,20-31,34-42,51-72H2,1-14H3,(H,109,120)(H,110,122)(H,111,121)(H,112,123)(H,124,125)/t73-,74-,75-,76+,77+,78+,79?,80?,81?,94?,95?,96?,97?,104+,105+,106+,107?/m0/s1. The lowest BCUT2D eigenvalue weighted by Crippen LogP contribution is -2.58. The second-order valence-electron chi connectivity index (χ2n) is 38.6. The van der Waals surface area contributed by atoms with Gasteiger partial charge in [0.05, 0.1) is 98.2 Å². The molecule has 16 atom stereocenters. The van der Waals surface area contributed by atoms with Crippen LogP contribution >= 0.6 is 0 Å². The Balaban J connectivity index is 1.08. The molecule has 4 amide bonds. The molecule has 3 heterocycles. The van der Waals surface area contributed by atoms with Crippen molar-refractivity contribution in [3.63, 3.8) is 0 Å². The number of benzene rings is 3. The zero-order valence-electron chi connectivity index (χ0n) is 86.8. The third-order valence-corrected chi connectivity index (χ3v) is 27.6. The van der Waals surface area contributed by atoms with Crippen LogP contribution in [-0.2, 0) is 134 Å². The number of carbonyl (C=O) groups excluding carboxylic acids is 12. The largest absolute Gasteiger partial charge is 0.497 e. The lowest BCUT2D eigenvalue weighted by molar-refractivity contribution is -0.255. The summed E-state index contributed by atoms with van der Waals surface area (Å²) in [5.41, 5.74) is -0.550. The lowest BCUT2D eigenvalue weighted by Gasteiger charge is -2.43. The number of ketones is 4. The number of hydrogen-bond acceptors (Lipinski definition) is 29. The number of unbranched alkanes of at least 4 members (excludes halogenated alkanes) is 7. The van der Waals surface area contributed by atoms with Crippen LogP contribution in [0.5, 0.6) is 11.5 Å². The van der Waals surface area contributed by atoms with E-state index in [0.717, 1.165) is 16.7 Å². The molecule has 3 saturated heterocycles. The van der Waals surface area contributed by atoms with Gasteiger partial charge in [0.25, 0.3) is 0 Å². The minimum atomic E-state index is -1.52. The molecule has 0 spiro atoms. The highest BCUT2D eigenvalue weighted by atomic mass is 16.7. The van der Waals surface area contributed by atoms with Crippen molar-refractivity contribution in [2.45, 2.75) is 324 Å². The van der Waals surface area contributed by atoms with Crippen LogP contribution < -0.4 is 30.7 Å². The third-order valence-electron chi connectivity index (χ3n) is 27.6. The highest BCUT2D eigenvalue weighted by Gasteiger charge is 2.45. The van der Waals surface area contributed by atoms with E-state index in [1.54, 1.807) is 14.2 Å². The smallest absolute Gasteiger partial charge is 0.306 e. The molecule has 798 valence electrons. The Bertz CT molecular complexity index is 3960. The molecule has 5 N–H and O–H groups in total. The summed E-state index contributed by atoms with van der Waals surface area (Å²) in [6.45, 7) is 23.8. The van der Waals surface area contributed by atoms with Crippen molar-refractivity contribution in [2.24, 2.45) is 53.3 Å². The molecule has 6 rings (SSSR count). The van der Waals surface area contributed by atoms with Gasteiger partial charge >= 0.3 is 29.8 Å². The Kier molecular flexibility index (Phi) is 57.7. The number of Topliss-reactive ketones (excluding diaryl/α,β-unsaturated/α-hetero) is 4. The second-order valence-corrected chi connectivity index (χ2v) is 38.6. The van der Waals surface area contributed by atoms with Crippen LogP contribution in [0.25, 0.3) is 0 Å². The van der Waals surface area contributed by atoms with Gasteiger partial charge in [0, 0.05) is 155 Å². The second kappa shape index (κ2) is 67.5. The number of amides is 4. The van der Waals surface area contributed by atoms with Gasteiger partial charge in [-0.05, 0) is 154 Å². The molecular weight excluding hydrogens is 1830 g/mol. The first-order valence-corrected chi connectivity index (χ1v) is 51.6. The summed E-state index contributed by atoms with van der Waals surface area (Å²) in [7, 11) is 3.13. The van der Waals surface area contributed by atoms with E-state index in [0.29, 0.717) is 147 Å². The molecule has 0 saturated carbocycles. The molecule has 0 radical (unpaired) electrons. The molecule has 0 aliphatic carbocycles. The first kappa shape index (κ1) is 121. The summed E-state index contributed by atoms with van der Waals surface area (Å²) in [6, 6.07) is 24.3. The van der Waals surface area contributed by atoms with Crippen molar-refractivity contribution in [1.82, 2.24) is 21.3 Å². The van der Waals surface area contributed by atoms with Crippen molar-refractivity contribution in [1.29, 1.82) is 0 Å². The van der Waals surface area contributed by atoms with Crippen LogP contribution in [0.2, 0.25) is 0 Å². The van der Waals surface area contributed by atoms with Gasteiger partial charge in [-0.15, -0.1) is 0 Å². The van der Waals surface area contributed by atoms with E-state index in [1.165, 1.54) is 20.8 Å². The molecule has 7 unspecified atom stereocenters.